The molecule has 32 heavy (non-hydrogen) atoms. The smallest absolute Gasteiger partial charge is 0.416 e. The number of nitrogens with zero attached hydrogens (tertiary/aromatic N) is 2. The van der Waals surface area contributed by atoms with Crippen LogP contribution in [-0.4, -0.2) is 43.5 Å². The number of ether oxygens (including phenoxy) is 2. The van der Waals surface area contributed by atoms with E-state index in [1.807, 2.05) is 13.8 Å². The summed E-state index contributed by atoms with van der Waals surface area (Å²) in [6.07, 6.45) is -4.48. The Morgan fingerprint density at radius 2 is 1.94 bits per heavy atom. The van der Waals surface area contributed by atoms with Gasteiger partial charge in [-0.3, -0.25) is 9.79 Å². The fraction of sp³-hybridized carbons (Fsp3) is 0.409. The number of rotatable bonds is 9. The maximum absolute atomic E-state index is 12.8. The molecule has 0 saturated carbocycles. The molecule has 0 unspecified atom stereocenters. The lowest BCUT2D eigenvalue weighted by molar-refractivity contribution is -0.137. The van der Waals surface area contributed by atoms with Crippen molar-refractivity contribution in [3.05, 3.63) is 52.8 Å². The van der Waals surface area contributed by atoms with Crippen LogP contribution in [-0.2, 0) is 6.18 Å². The van der Waals surface area contributed by atoms with Crippen molar-refractivity contribution in [1.29, 1.82) is 0 Å². The van der Waals surface area contributed by atoms with Crippen LogP contribution in [0.1, 0.15) is 41.2 Å². The van der Waals surface area contributed by atoms with E-state index in [1.54, 1.807) is 19.1 Å². The first kappa shape index (κ1) is 25.0. The summed E-state index contributed by atoms with van der Waals surface area (Å²) in [4.78, 5) is 21.1. The maximum atomic E-state index is 12.8. The molecular weight excluding hydrogens is 425 g/mol. The summed E-state index contributed by atoms with van der Waals surface area (Å²) >= 11 is 0. The third kappa shape index (κ3) is 7.14. The third-order valence-corrected chi connectivity index (χ3v) is 4.24. The molecule has 2 rings (SSSR count). The van der Waals surface area contributed by atoms with Gasteiger partial charge in [0.1, 0.15) is 18.1 Å². The van der Waals surface area contributed by atoms with Crippen LogP contribution in [0.4, 0.5) is 13.2 Å². The van der Waals surface area contributed by atoms with Gasteiger partial charge in [-0.05, 0) is 43.2 Å². The number of hydrogen-bond donors (Lipinski definition) is 2. The number of benzene rings is 1. The molecule has 10 heteroatoms. The Bertz CT molecular complexity index is 975. The molecule has 0 fully saturated rings. The average Bonchev–Trinajstić information content (AvgIpc) is 2.73. The second-order valence-corrected chi connectivity index (χ2v) is 7.47. The van der Waals surface area contributed by atoms with Gasteiger partial charge in [0.2, 0.25) is 0 Å². The molecule has 1 aromatic carbocycles. The van der Waals surface area contributed by atoms with Crippen LogP contribution < -0.4 is 20.5 Å². The van der Waals surface area contributed by atoms with E-state index in [0.717, 1.165) is 12.1 Å². The highest BCUT2D eigenvalue weighted by Crippen LogP contribution is 2.36. The van der Waals surface area contributed by atoms with Gasteiger partial charge in [-0.1, -0.05) is 13.8 Å². The molecular formula is C22H27F3N4O3. The van der Waals surface area contributed by atoms with Gasteiger partial charge in [0.15, 0.2) is 11.5 Å². The Balaban J connectivity index is 1.98. The predicted octanol–water partition coefficient (Wildman–Crippen LogP) is 3.59. The van der Waals surface area contributed by atoms with Crippen LogP contribution in [0.25, 0.3) is 0 Å². The van der Waals surface area contributed by atoms with Crippen molar-refractivity contribution in [1.82, 2.24) is 10.3 Å². The number of amidine groups is 1. The lowest BCUT2D eigenvalue weighted by atomic mass is 10.1. The first-order valence-corrected chi connectivity index (χ1v) is 9.96. The average molecular weight is 452 g/mol. The number of methoxy groups -OCH3 is 1. The van der Waals surface area contributed by atoms with Gasteiger partial charge in [0.25, 0.3) is 5.91 Å². The predicted molar refractivity (Wildman–Crippen MR) is 115 cm³/mol. The van der Waals surface area contributed by atoms with Gasteiger partial charge in [-0.25, -0.2) is 4.98 Å². The quantitative estimate of drug-likeness (QED) is 0.344. The second-order valence-electron chi connectivity index (χ2n) is 7.47. The zero-order valence-electron chi connectivity index (χ0n) is 18.4. The number of hydrogen-bond acceptors (Lipinski definition) is 5. The number of halogens is 3. The second kappa shape index (κ2) is 10.8. The lowest BCUT2D eigenvalue weighted by Crippen LogP contribution is -2.29. The Kier molecular flexibility index (Phi) is 8.45. The van der Waals surface area contributed by atoms with Crippen LogP contribution in [0.2, 0.25) is 0 Å². The van der Waals surface area contributed by atoms with Crippen LogP contribution in [0.15, 0.2) is 35.3 Å². The number of aryl methyl sites for hydroxylation is 1. The minimum atomic E-state index is -4.48. The monoisotopic (exact) mass is 452 g/mol. The van der Waals surface area contributed by atoms with Gasteiger partial charge in [-0.15, -0.1) is 0 Å². The third-order valence-electron chi connectivity index (χ3n) is 4.24. The van der Waals surface area contributed by atoms with Crippen LogP contribution in [0.5, 0.6) is 11.5 Å². The number of nitrogens with one attached hydrogen (secondary N) is 1. The minimum absolute atomic E-state index is 0.0301. The molecule has 0 atom stereocenters. The molecule has 0 aliphatic carbocycles. The van der Waals surface area contributed by atoms with E-state index in [-0.39, 0.29) is 36.4 Å². The highest BCUT2D eigenvalue weighted by Gasteiger charge is 2.31. The zero-order valence-corrected chi connectivity index (χ0v) is 18.4. The largest absolute Gasteiger partial charge is 0.493 e. The van der Waals surface area contributed by atoms with Crippen LogP contribution >= 0.6 is 0 Å². The molecule has 0 aliphatic rings. The van der Waals surface area contributed by atoms with Crippen molar-refractivity contribution in [3.8, 4) is 11.5 Å². The molecule has 2 aromatic rings. The highest BCUT2D eigenvalue weighted by molar-refractivity contribution is 6.00. The topological polar surface area (TPSA) is 98.8 Å². The molecule has 1 aromatic heterocycles. The number of nitrogens with two attached hydrogens (primary N) is 1. The van der Waals surface area contributed by atoms with Gasteiger partial charge >= 0.3 is 6.18 Å². The van der Waals surface area contributed by atoms with Crippen molar-refractivity contribution >= 4 is 11.7 Å². The van der Waals surface area contributed by atoms with Crippen LogP contribution in [0, 0.1) is 12.8 Å². The number of aromatic nitrogens is 1. The molecule has 1 heterocycles. The molecule has 0 bridgehead atoms. The molecule has 7 nitrogen and oxygen atoms in total. The molecule has 0 saturated heterocycles. The fourth-order valence-corrected chi connectivity index (χ4v) is 2.68. The molecule has 3 N–H and O–H groups in total. The molecule has 0 radical (unpaired) electrons. The summed E-state index contributed by atoms with van der Waals surface area (Å²) < 4.78 is 48.9. The van der Waals surface area contributed by atoms with E-state index in [0.29, 0.717) is 29.4 Å². The zero-order chi connectivity index (χ0) is 23.9. The standard InChI is InChI=1S/C22H27F3N4O3/c1-13(2)12-28-20(26)17-10-15(9-14(3)29-17)21(30)27-7-8-32-18-6-5-16(22(23,24)25)11-19(18)31-4/h5-6,9-11,13H,7-8,12H2,1-4H3,(H2,26,28)(H,27,30). The van der Waals surface area contributed by atoms with E-state index in [1.165, 1.54) is 13.2 Å². The van der Waals surface area contributed by atoms with E-state index < -0.39 is 11.7 Å². The molecule has 0 spiro atoms. The Morgan fingerprint density at radius 3 is 2.56 bits per heavy atom. The minimum Gasteiger partial charge on any atom is -0.493 e. The van der Waals surface area contributed by atoms with Gasteiger partial charge in [0, 0.05) is 17.8 Å². The molecule has 1 amide bonds. The van der Waals surface area contributed by atoms with Crippen molar-refractivity contribution in [2.45, 2.75) is 26.9 Å². The summed E-state index contributed by atoms with van der Waals surface area (Å²) in [5.74, 6) is 0.331. The van der Waals surface area contributed by atoms with Crippen molar-refractivity contribution in [2.24, 2.45) is 16.6 Å². The number of amides is 1. The van der Waals surface area contributed by atoms with Gasteiger partial charge < -0.3 is 20.5 Å². The maximum Gasteiger partial charge on any atom is 0.416 e. The Morgan fingerprint density at radius 1 is 1.22 bits per heavy atom. The van der Waals surface area contributed by atoms with Crippen LogP contribution in [0.3, 0.4) is 0 Å². The van der Waals surface area contributed by atoms with Crippen molar-refractivity contribution in [3.63, 3.8) is 0 Å². The summed E-state index contributed by atoms with van der Waals surface area (Å²) in [7, 11) is 1.25. The van der Waals surface area contributed by atoms with Crippen molar-refractivity contribution in [2.75, 3.05) is 26.8 Å². The van der Waals surface area contributed by atoms with E-state index in [2.05, 4.69) is 15.3 Å². The van der Waals surface area contributed by atoms with Crippen molar-refractivity contribution < 1.29 is 27.4 Å². The molecule has 174 valence electrons. The Hall–Kier alpha value is -3.30. The summed E-state index contributed by atoms with van der Waals surface area (Å²) in [5.41, 5.74) is 6.54. The van der Waals surface area contributed by atoms with E-state index in [9.17, 15) is 18.0 Å². The van der Waals surface area contributed by atoms with E-state index >= 15 is 0 Å². The number of pyridine rings is 1. The highest BCUT2D eigenvalue weighted by atomic mass is 19.4. The summed E-state index contributed by atoms with van der Waals surface area (Å²) in [6.45, 7) is 6.48. The summed E-state index contributed by atoms with van der Waals surface area (Å²) in [6, 6.07) is 6.13. The normalized spacial score (nSPS) is 12.1. The number of alkyl halides is 3. The number of aliphatic imine (C=N–C) groups is 1. The summed E-state index contributed by atoms with van der Waals surface area (Å²) in [5, 5.41) is 2.69. The van der Waals surface area contributed by atoms with E-state index in [4.69, 9.17) is 15.2 Å². The fourth-order valence-electron chi connectivity index (χ4n) is 2.68. The Labute approximate surface area is 184 Å². The first-order chi connectivity index (χ1) is 15.0. The van der Waals surface area contributed by atoms with Gasteiger partial charge in [-0.2, -0.15) is 13.2 Å². The first-order valence-electron chi connectivity index (χ1n) is 9.96. The number of carbonyl (C=O) groups excluding carboxylic acids is 1. The number of carbonyl (C=O) groups is 1. The van der Waals surface area contributed by atoms with Gasteiger partial charge in [0.05, 0.1) is 19.2 Å². The molecule has 0 aliphatic heterocycles. The lowest BCUT2D eigenvalue weighted by Gasteiger charge is -2.14. The SMILES string of the molecule is COc1cc(C(F)(F)F)ccc1OCCNC(=O)c1cc(C)nc(C(N)=NCC(C)C)c1.